The van der Waals surface area contributed by atoms with Crippen LogP contribution in [0.2, 0.25) is 0 Å². The van der Waals surface area contributed by atoms with E-state index >= 15 is 0 Å². The van der Waals surface area contributed by atoms with Gasteiger partial charge in [-0.05, 0) is 62.2 Å². The van der Waals surface area contributed by atoms with Crippen molar-refractivity contribution >= 4 is 0 Å². The van der Waals surface area contributed by atoms with E-state index in [0.717, 1.165) is 19.5 Å². The van der Waals surface area contributed by atoms with E-state index in [-0.39, 0.29) is 0 Å². The van der Waals surface area contributed by atoms with Crippen molar-refractivity contribution in [2.24, 2.45) is 0 Å². The number of hydrogen-bond acceptors (Lipinski definition) is 3. The molecular weight excluding hydrogens is 284 g/mol. The predicted molar refractivity (Wildman–Crippen MR) is 94.6 cm³/mol. The van der Waals surface area contributed by atoms with E-state index in [1.165, 1.54) is 37.1 Å². The van der Waals surface area contributed by atoms with E-state index < -0.39 is 0 Å². The number of piperidine rings is 1. The minimum atomic E-state index is 0.340. The van der Waals surface area contributed by atoms with Crippen LogP contribution in [0.25, 0.3) is 0 Å². The summed E-state index contributed by atoms with van der Waals surface area (Å²) in [5, 5.41) is 13.0. The van der Waals surface area contributed by atoms with E-state index in [9.17, 15) is 5.11 Å². The van der Waals surface area contributed by atoms with Gasteiger partial charge in [0.2, 0.25) is 0 Å². The highest BCUT2D eigenvalue weighted by molar-refractivity contribution is 5.26. The van der Waals surface area contributed by atoms with Crippen molar-refractivity contribution in [2.75, 3.05) is 19.6 Å². The fourth-order valence-corrected chi connectivity index (χ4v) is 3.22. The van der Waals surface area contributed by atoms with Crippen molar-refractivity contribution in [1.29, 1.82) is 0 Å². The molecule has 0 saturated carbocycles. The van der Waals surface area contributed by atoms with Gasteiger partial charge < -0.3 is 10.4 Å². The van der Waals surface area contributed by atoms with E-state index in [0.29, 0.717) is 11.8 Å². The Balaban J connectivity index is 1.35. The molecule has 0 unspecified atom stereocenters. The number of rotatable bonds is 6. The van der Waals surface area contributed by atoms with Gasteiger partial charge in [-0.15, -0.1) is 0 Å². The SMILES string of the molecule is Oc1ccc(CCNC2CCN(Cc3ccccc3)CC2)cc1. The zero-order valence-electron chi connectivity index (χ0n) is 13.6. The van der Waals surface area contributed by atoms with Crippen LogP contribution in [0.5, 0.6) is 5.75 Å². The molecule has 0 aliphatic carbocycles. The molecule has 3 rings (SSSR count). The maximum atomic E-state index is 9.30. The van der Waals surface area contributed by atoms with Gasteiger partial charge in [0.1, 0.15) is 5.75 Å². The zero-order valence-corrected chi connectivity index (χ0v) is 13.6. The van der Waals surface area contributed by atoms with Gasteiger partial charge in [-0.2, -0.15) is 0 Å². The van der Waals surface area contributed by atoms with Crippen molar-refractivity contribution in [1.82, 2.24) is 10.2 Å². The van der Waals surface area contributed by atoms with Gasteiger partial charge in [0.15, 0.2) is 0 Å². The Kier molecular flexibility index (Phi) is 5.67. The summed E-state index contributed by atoms with van der Waals surface area (Å²) in [6.07, 6.45) is 3.47. The highest BCUT2D eigenvalue weighted by atomic mass is 16.3. The van der Waals surface area contributed by atoms with Crippen molar-refractivity contribution in [3.8, 4) is 5.75 Å². The third kappa shape index (κ3) is 5.08. The molecule has 3 nitrogen and oxygen atoms in total. The molecule has 2 aromatic carbocycles. The largest absolute Gasteiger partial charge is 0.508 e. The summed E-state index contributed by atoms with van der Waals surface area (Å²) in [5.41, 5.74) is 2.68. The lowest BCUT2D eigenvalue weighted by atomic mass is 10.0. The summed E-state index contributed by atoms with van der Waals surface area (Å²) < 4.78 is 0. The molecule has 0 aromatic heterocycles. The number of phenolic OH excluding ortho intramolecular Hbond substituents is 1. The number of benzene rings is 2. The van der Waals surface area contributed by atoms with Gasteiger partial charge in [-0.3, -0.25) is 4.90 Å². The summed E-state index contributed by atoms with van der Waals surface area (Å²) in [5.74, 6) is 0.340. The third-order valence-corrected chi connectivity index (χ3v) is 4.62. The molecule has 1 aliphatic rings. The Morgan fingerprint density at radius 3 is 2.30 bits per heavy atom. The normalized spacial score (nSPS) is 16.5. The molecule has 0 amide bonds. The fraction of sp³-hybridized carbons (Fsp3) is 0.400. The summed E-state index contributed by atoms with van der Waals surface area (Å²) in [6, 6.07) is 18.9. The third-order valence-electron chi connectivity index (χ3n) is 4.62. The molecule has 0 bridgehead atoms. The second kappa shape index (κ2) is 8.14. The smallest absolute Gasteiger partial charge is 0.115 e. The van der Waals surface area contributed by atoms with Crippen LogP contribution in [-0.2, 0) is 13.0 Å². The van der Waals surface area contributed by atoms with E-state index in [4.69, 9.17) is 0 Å². The van der Waals surface area contributed by atoms with Crippen molar-refractivity contribution in [3.63, 3.8) is 0 Å². The number of aromatic hydroxyl groups is 1. The highest BCUT2D eigenvalue weighted by Crippen LogP contribution is 2.14. The van der Waals surface area contributed by atoms with Crippen LogP contribution in [-0.4, -0.2) is 35.7 Å². The number of hydrogen-bond donors (Lipinski definition) is 2. The lowest BCUT2D eigenvalue weighted by Gasteiger charge is -2.32. The first kappa shape index (κ1) is 16.0. The Hall–Kier alpha value is -1.84. The van der Waals surface area contributed by atoms with Crippen LogP contribution in [0.1, 0.15) is 24.0 Å². The summed E-state index contributed by atoms with van der Waals surface area (Å²) in [4.78, 5) is 2.55. The number of likely N-dealkylation sites (tertiary alicyclic amines) is 1. The summed E-state index contributed by atoms with van der Waals surface area (Å²) in [7, 11) is 0. The molecule has 2 N–H and O–H groups in total. The van der Waals surface area contributed by atoms with Gasteiger partial charge in [0.25, 0.3) is 0 Å². The lowest BCUT2D eigenvalue weighted by Crippen LogP contribution is -2.42. The second-order valence-electron chi connectivity index (χ2n) is 6.41. The average molecular weight is 310 g/mol. The lowest BCUT2D eigenvalue weighted by molar-refractivity contribution is 0.191. The summed E-state index contributed by atoms with van der Waals surface area (Å²) in [6.45, 7) is 4.42. The molecular formula is C20H26N2O. The molecule has 1 saturated heterocycles. The minimum Gasteiger partial charge on any atom is -0.508 e. The maximum absolute atomic E-state index is 9.30. The summed E-state index contributed by atoms with van der Waals surface area (Å²) >= 11 is 0. The second-order valence-corrected chi connectivity index (χ2v) is 6.41. The Morgan fingerprint density at radius 2 is 1.61 bits per heavy atom. The average Bonchev–Trinajstić information content (AvgIpc) is 2.59. The minimum absolute atomic E-state index is 0.340. The molecule has 0 radical (unpaired) electrons. The number of nitrogens with zero attached hydrogens (tertiary/aromatic N) is 1. The van der Waals surface area contributed by atoms with Crippen molar-refractivity contribution in [3.05, 3.63) is 65.7 Å². The van der Waals surface area contributed by atoms with Crippen LogP contribution < -0.4 is 5.32 Å². The molecule has 23 heavy (non-hydrogen) atoms. The van der Waals surface area contributed by atoms with Gasteiger partial charge >= 0.3 is 0 Å². The molecule has 1 fully saturated rings. The maximum Gasteiger partial charge on any atom is 0.115 e. The Morgan fingerprint density at radius 1 is 0.913 bits per heavy atom. The molecule has 0 atom stereocenters. The molecule has 1 heterocycles. The molecule has 0 spiro atoms. The number of nitrogens with one attached hydrogen (secondary N) is 1. The fourth-order valence-electron chi connectivity index (χ4n) is 3.22. The molecule has 3 heteroatoms. The highest BCUT2D eigenvalue weighted by Gasteiger charge is 2.18. The van der Waals surface area contributed by atoms with Crippen LogP contribution in [0.15, 0.2) is 54.6 Å². The molecule has 1 aliphatic heterocycles. The quantitative estimate of drug-likeness (QED) is 0.860. The molecule has 122 valence electrons. The van der Waals surface area contributed by atoms with Gasteiger partial charge in [0, 0.05) is 12.6 Å². The van der Waals surface area contributed by atoms with Gasteiger partial charge in [0.05, 0.1) is 0 Å². The van der Waals surface area contributed by atoms with Gasteiger partial charge in [-0.1, -0.05) is 42.5 Å². The zero-order chi connectivity index (χ0) is 15.9. The standard InChI is InChI=1S/C20H26N2O/c23-20-8-6-17(7-9-20)10-13-21-19-11-14-22(15-12-19)16-18-4-2-1-3-5-18/h1-9,19,21,23H,10-16H2. The first-order chi connectivity index (χ1) is 11.3. The Labute approximate surface area is 139 Å². The molecule has 2 aromatic rings. The first-order valence-electron chi connectivity index (χ1n) is 8.57. The van der Waals surface area contributed by atoms with E-state index in [1.807, 2.05) is 12.1 Å². The van der Waals surface area contributed by atoms with Gasteiger partial charge in [-0.25, -0.2) is 0 Å². The first-order valence-corrected chi connectivity index (χ1v) is 8.57. The van der Waals surface area contributed by atoms with Crippen LogP contribution >= 0.6 is 0 Å². The van der Waals surface area contributed by atoms with Crippen molar-refractivity contribution < 1.29 is 5.11 Å². The monoisotopic (exact) mass is 310 g/mol. The van der Waals surface area contributed by atoms with Crippen LogP contribution in [0, 0.1) is 0 Å². The number of phenols is 1. The van der Waals surface area contributed by atoms with Crippen molar-refractivity contribution in [2.45, 2.75) is 31.8 Å². The van der Waals surface area contributed by atoms with E-state index in [1.54, 1.807) is 12.1 Å². The van der Waals surface area contributed by atoms with Crippen LogP contribution in [0.3, 0.4) is 0 Å². The topological polar surface area (TPSA) is 35.5 Å². The van der Waals surface area contributed by atoms with Crippen LogP contribution in [0.4, 0.5) is 0 Å². The van der Waals surface area contributed by atoms with E-state index in [2.05, 4.69) is 40.5 Å². The Bertz CT molecular complexity index is 574. The predicted octanol–water partition coefficient (Wildman–Crippen LogP) is 3.19.